The summed E-state index contributed by atoms with van der Waals surface area (Å²) < 4.78 is 28.1. The van der Waals surface area contributed by atoms with Crippen LogP contribution >= 0.6 is 0 Å². The van der Waals surface area contributed by atoms with E-state index >= 15 is 0 Å². The molecule has 2 radical (unpaired) electrons. The Hall–Kier alpha value is -2.12. The van der Waals surface area contributed by atoms with Gasteiger partial charge in [0.15, 0.2) is 0 Å². The molecule has 1 aliphatic carbocycles. The lowest BCUT2D eigenvalue weighted by Gasteiger charge is -2.39. The summed E-state index contributed by atoms with van der Waals surface area (Å²) in [5.74, 6) is 0.204. The van der Waals surface area contributed by atoms with Gasteiger partial charge in [0.2, 0.25) is 15.9 Å². The van der Waals surface area contributed by atoms with E-state index in [4.69, 9.17) is 7.85 Å². The number of hydrogen-bond donors (Lipinski definition) is 1. The molecule has 4 rings (SSSR count). The van der Waals surface area contributed by atoms with E-state index in [1.54, 1.807) is 12.1 Å². The van der Waals surface area contributed by atoms with Crippen LogP contribution in [-0.2, 0) is 14.8 Å². The predicted octanol–water partition coefficient (Wildman–Crippen LogP) is 3.07. The molecule has 0 bridgehead atoms. The molecule has 2 aromatic carbocycles. The number of amides is 1. The molecule has 1 saturated heterocycles. The maximum atomic E-state index is 13.4. The SMILES string of the molecule is [B]c1ccc(S(=O)(=O)NC2CCC(C(=O)N3CCCCC3c3ccccc3)CC2)cc1. The lowest BCUT2D eigenvalue weighted by atomic mass is 9.84. The van der Waals surface area contributed by atoms with Crippen molar-refractivity contribution in [3.63, 3.8) is 0 Å². The highest BCUT2D eigenvalue weighted by molar-refractivity contribution is 7.89. The largest absolute Gasteiger partial charge is 0.335 e. The Bertz CT molecular complexity index is 987. The molecule has 0 spiro atoms. The van der Waals surface area contributed by atoms with Crippen LogP contribution in [0.5, 0.6) is 0 Å². The van der Waals surface area contributed by atoms with Gasteiger partial charge in [-0.15, -0.1) is 0 Å². The summed E-state index contributed by atoms with van der Waals surface area (Å²) in [6, 6.07) is 16.5. The number of carbonyl (C=O) groups excluding carboxylic acids is 1. The number of piperidine rings is 1. The third kappa shape index (κ3) is 5.21. The number of likely N-dealkylation sites (tertiary alicyclic amines) is 1. The topological polar surface area (TPSA) is 66.5 Å². The minimum atomic E-state index is -3.58. The molecule has 7 heteroatoms. The highest BCUT2D eigenvalue weighted by atomic mass is 32.2. The third-order valence-electron chi connectivity index (χ3n) is 6.56. The fourth-order valence-corrected chi connectivity index (χ4v) is 6.15. The third-order valence-corrected chi connectivity index (χ3v) is 8.10. The molecule has 1 N–H and O–H groups in total. The number of nitrogens with one attached hydrogen (secondary N) is 1. The van der Waals surface area contributed by atoms with Crippen molar-refractivity contribution in [3.05, 3.63) is 60.2 Å². The van der Waals surface area contributed by atoms with Gasteiger partial charge in [-0.2, -0.15) is 0 Å². The van der Waals surface area contributed by atoms with Crippen molar-refractivity contribution in [3.8, 4) is 0 Å². The Balaban J connectivity index is 1.36. The van der Waals surface area contributed by atoms with Gasteiger partial charge >= 0.3 is 0 Å². The second-order valence-electron chi connectivity index (χ2n) is 8.69. The van der Waals surface area contributed by atoms with E-state index in [-0.39, 0.29) is 28.8 Å². The Morgan fingerprint density at radius 3 is 2.26 bits per heavy atom. The van der Waals surface area contributed by atoms with E-state index < -0.39 is 10.0 Å². The Labute approximate surface area is 186 Å². The van der Waals surface area contributed by atoms with E-state index in [2.05, 4.69) is 21.8 Å². The maximum absolute atomic E-state index is 13.4. The minimum Gasteiger partial charge on any atom is -0.335 e. The zero-order chi connectivity index (χ0) is 21.8. The van der Waals surface area contributed by atoms with Crippen molar-refractivity contribution < 1.29 is 13.2 Å². The van der Waals surface area contributed by atoms with Crippen molar-refractivity contribution in [2.45, 2.75) is 61.9 Å². The summed E-state index contributed by atoms with van der Waals surface area (Å²) in [6.07, 6.45) is 5.97. The molecule has 2 fully saturated rings. The quantitative estimate of drug-likeness (QED) is 0.733. The van der Waals surface area contributed by atoms with Gasteiger partial charge in [0.25, 0.3) is 0 Å². The lowest BCUT2D eigenvalue weighted by molar-refractivity contribution is -0.140. The van der Waals surface area contributed by atoms with Crippen LogP contribution in [0.4, 0.5) is 0 Å². The van der Waals surface area contributed by atoms with Crippen LogP contribution in [0, 0.1) is 5.92 Å². The number of carbonyl (C=O) groups is 1. The zero-order valence-corrected chi connectivity index (χ0v) is 18.6. The van der Waals surface area contributed by atoms with E-state index in [1.165, 1.54) is 17.7 Å². The molecular formula is C24H29BN2O3S. The van der Waals surface area contributed by atoms with Crippen LogP contribution in [0.1, 0.15) is 56.6 Å². The fraction of sp³-hybridized carbons (Fsp3) is 0.458. The van der Waals surface area contributed by atoms with Crippen molar-refractivity contribution in [1.29, 1.82) is 0 Å². The molecule has 1 heterocycles. The first-order valence-corrected chi connectivity index (χ1v) is 12.7. The standard InChI is InChI=1S/C24H29BN2O3S/c25-20-11-15-22(16-12-20)31(29,30)26-21-13-9-19(10-14-21)24(28)27-17-5-4-8-23(27)18-6-2-1-3-7-18/h1-3,6-7,11-12,15-16,19,21,23,26H,4-5,8-10,13-14,17H2. The van der Waals surface area contributed by atoms with E-state index in [1.807, 2.05) is 18.2 Å². The first-order chi connectivity index (χ1) is 14.9. The van der Waals surface area contributed by atoms with Gasteiger partial charge in [-0.25, -0.2) is 13.1 Å². The Morgan fingerprint density at radius 1 is 0.903 bits per heavy atom. The Kier molecular flexibility index (Phi) is 6.82. The van der Waals surface area contributed by atoms with Gasteiger partial charge in [0.05, 0.1) is 10.9 Å². The van der Waals surface area contributed by atoms with Crippen LogP contribution in [0.3, 0.4) is 0 Å². The molecule has 1 atom stereocenters. The molecule has 2 aliphatic rings. The molecule has 1 unspecified atom stereocenters. The Morgan fingerprint density at radius 2 is 1.58 bits per heavy atom. The van der Waals surface area contributed by atoms with E-state index in [0.29, 0.717) is 31.1 Å². The van der Waals surface area contributed by atoms with Crippen LogP contribution in [0.15, 0.2) is 59.5 Å². The van der Waals surface area contributed by atoms with E-state index in [9.17, 15) is 13.2 Å². The maximum Gasteiger partial charge on any atom is 0.240 e. The summed E-state index contributed by atoms with van der Waals surface area (Å²) >= 11 is 0. The first kappa shape index (κ1) is 22.1. The normalized spacial score (nSPS) is 24.6. The number of hydrogen-bond acceptors (Lipinski definition) is 3. The summed E-state index contributed by atoms with van der Waals surface area (Å²) in [5, 5.41) is 0. The number of rotatable bonds is 5. The second-order valence-corrected chi connectivity index (χ2v) is 10.4. The monoisotopic (exact) mass is 436 g/mol. The molecule has 1 saturated carbocycles. The molecule has 5 nitrogen and oxygen atoms in total. The molecule has 1 amide bonds. The van der Waals surface area contributed by atoms with Gasteiger partial charge in [-0.1, -0.05) is 47.9 Å². The summed E-state index contributed by atoms with van der Waals surface area (Å²) in [4.78, 5) is 15.7. The average Bonchev–Trinajstić information content (AvgIpc) is 2.80. The lowest BCUT2D eigenvalue weighted by Crippen LogP contribution is -2.45. The minimum absolute atomic E-state index is 0.0263. The van der Waals surface area contributed by atoms with Gasteiger partial charge in [-0.3, -0.25) is 4.79 Å². The number of nitrogens with zero attached hydrogens (tertiary/aromatic N) is 1. The number of benzene rings is 2. The molecular weight excluding hydrogens is 407 g/mol. The smallest absolute Gasteiger partial charge is 0.240 e. The van der Waals surface area contributed by atoms with E-state index in [0.717, 1.165) is 25.8 Å². The first-order valence-electron chi connectivity index (χ1n) is 11.2. The van der Waals surface area contributed by atoms with Crippen LogP contribution in [-0.4, -0.2) is 39.7 Å². The van der Waals surface area contributed by atoms with Crippen molar-refractivity contribution in [2.75, 3.05) is 6.54 Å². The second kappa shape index (κ2) is 9.57. The zero-order valence-electron chi connectivity index (χ0n) is 17.7. The predicted molar refractivity (Wildman–Crippen MR) is 123 cm³/mol. The number of sulfonamides is 1. The highest BCUT2D eigenvalue weighted by Gasteiger charge is 2.35. The molecule has 1 aliphatic heterocycles. The van der Waals surface area contributed by atoms with Crippen LogP contribution < -0.4 is 10.2 Å². The summed E-state index contributed by atoms with van der Waals surface area (Å²) in [7, 11) is 2.07. The van der Waals surface area contributed by atoms with Crippen LogP contribution in [0.2, 0.25) is 0 Å². The van der Waals surface area contributed by atoms with Gasteiger partial charge in [-0.05, 0) is 62.6 Å². The molecule has 162 valence electrons. The average molecular weight is 436 g/mol. The molecule has 0 aromatic heterocycles. The van der Waals surface area contributed by atoms with Crippen molar-refractivity contribution in [1.82, 2.24) is 9.62 Å². The van der Waals surface area contributed by atoms with Gasteiger partial charge in [0.1, 0.15) is 7.85 Å². The van der Waals surface area contributed by atoms with Crippen molar-refractivity contribution >= 4 is 29.2 Å². The molecule has 2 aromatic rings. The fourth-order valence-electron chi connectivity index (χ4n) is 4.84. The van der Waals surface area contributed by atoms with Crippen LogP contribution in [0.25, 0.3) is 0 Å². The summed E-state index contributed by atoms with van der Waals surface area (Å²) in [5.41, 5.74) is 1.74. The summed E-state index contributed by atoms with van der Waals surface area (Å²) in [6.45, 7) is 0.808. The van der Waals surface area contributed by atoms with Crippen molar-refractivity contribution in [2.24, 2.45) is 5.92 Å². The molecule has 31 heavy (non-hydrogen) atoms. The van der Waals surface area contributed by atoms with Gasteiger partial charge in [0, 0.05) is 18.5 Å². The highest BCUT2D eigenvalue weighted by Crippen LogP contribution is 2.35. The van der Waals surface area contributed by atoms with Gasteiger partial charge < -0.3 is 4.90 Å².